The molecule has 0 bridgehead atoms. The van der Waals surface area contributed by atoms with Crippen LogP contribution in [0, 0.1) is 17.1 Å². The van der Waals surface area contributed by atoms with Gasteiger partial charge in [-0.2, -0.15) is 5.26 Å². The van der Waals surface area contributed by atoms with Crippen molar-refractivity contribution in [1.82, 2.24) is 0 Å². The summed E-state index contributed by atoms with van der Waals surface area (Å²) < 4.78 is 24.0. The van der Waals surface area contributed by atoms with Crippen molar-refractivity contribution < 1.29 is 19.0 Å². The molecule has 0 amide bonds. The van der Waals surface area contributed by atoms with Gasteiger partial charge in [-0.25, -0.2) is 4.39 Å². The third-order valence-corrected chi connectivity index (χ3v) is 2.93. The second-order valence-corrected chi connectivity index (χ2v) is 4.71. The van der Waals surface area contributed by atoms with Gasteiger partial charge >= 0.3 is 0 Å². The minimum atomic E-state index is -0.836. The van der Waals surface area contributed by atoms with Gasteiger partial charge in [-0.3, -0.25) is 0 Å². The van der Waals surface area contributed by atoms with Crippen LogP contribution in [0.4, 0.5) is 4.39 Å². The van der Waals surface area contributed by atoms with Gasteiger partial charge in [0, 0.05) is 5.56 Å². The van der Waals surface area contributed by atoms with E-state index in [1.807, 2.05) is 6.07 Å². The lowest BCUT2D eigenvalue weighted by Crippen LogP contribution is -2.23. The molecule has 0 aliphatic heterocycles. The first-order valence-corrected chi connectivity index (χ1v) is 6.81. The van der Waals surface area contributed by atoms with E-state index in [9.17, 15) is 9.50 Å². The monoisotopic (exact) mass is 301 g/mol. The molecule has 0 radical (unpaired) electrons. The molecule has 5 heteroatoms. The van der Waals surface area contributed by atoms with Crippen LogP contribution in [-0.2, 0) is 11.3 Å². The van der Waals surface area contributed by atoms with Crippen molar-refractivity contribution in [3.8, 4) is 11.8 Å². The third kappa shape index (κ3) is 4.85. The highest BCUT2D eigenvalue weighted by molar-refractivity contribution is 5.36. The zero-order valence-corrected chi connectivity index (χ0v) is 11.9. The Bertz CT molecular complexity index is 654. The molecule has 1 unspecified atom stereocenters. The van der Waals surface area contributed by atoms with E-state index in [1.54, 1.807) is 42.5 Å². The topological polar surface area (TPSA) is 62.5 Å². The molecule has 114 valence electrons. The van der Waals surface area contributed by atoms with Crippen molar-refractivity contribution in [3.63, 3.8) is 0 Å². The number of halogens is 1. The van der Waals surface area contributed by atoms with Gasteiger partial charge in [0.25, 0.3) is 0 Å². The Hall–Kier alpha value is -2.42. The van der Waals surface area contributed by atoms with Crippen molar-refractivity contribution in [2.24, 2.45) is 0 Å². The molecule has 1 N–H and O–H groups in total. The Labute approximate surface area is 128 Å². The van der Waals surface area contributed by atoms with Crippen molar-refractivity contribution in [2.75, 3.05) is 13.2 Å². The standard InChI is InChI=1S/C17H16FNO3/c18-17-7-2-1-5-14(17)10-21-11-15(20)12-22-16-6-3-4-13(8-16)9-19/h1-8,15,20H,10-12H2. The van der Waals surface area contributed by atoms with Crippen LogP contribution in [0.2, 0.25) is 0 Å². The van der Waals surface area contributed by atoms with Crippen LogP contribution in [0.3, 0.4) is 0 Å². The van der Waals surface area contributed by atoms with Gasteiger partial charge in [0.15, 0.2) is 0 Å². The minimum absolute atomic E-state index is 0.0339. The SMILES string of the molecule is N#Cc1cccc(OCC(O)COCc2ccccc2F)c1. The van der Waals surface area contributed by atoms with Crippen molar-refractivity contribution in [2.45, 2.75) is 12.7 Å². The first-order chi connectivity index (χ1) is 10.7. The molecule has 2 aromatic rings. The van der Waals surface area contributed by atoms with E-state index in [0.29, 0.717) is 16.9 Å². The zero-order chi connectivity index (χ0) is 15.8. The minimum Gasteiger partial charge on any atom is -0.491 e. The summed E-state index contributed by atoms with van der Waals surface area (Å²) in [5, 5.41) is 18.6. The molecule has 0 fully saturated rings. The predicted molar refractivity (Wildman–Crippen MR) is 78.7 cm³/mol. The molecule has 2 rings (SSSR count). The average Bonchev–Trinajstić information content (AvgIpc) is 2.55. The Kier molecular flexibility index (Phi) is 5.90. The molecule has 0 heterocycles. The van der Waals surface area contributed by atoms with Crippen LogP contribution >= 0.6 is 0 Å². The summed E-state index contributed by atoms with van der Waals surface area (Å²) in [6.45, 7) is 0.159. The second-order valence-electron chi connectivity index (χ2n) is 4.71. The molecule has 4 nitrogen and oxygen atoms in total. The normalized spacial score (nSPS) is 11.7. The van der Waals surface area contributed by atoms with Gasteiger partial charge in [-0.05, 0) is 24.3 Å². The molecule has 0 saturated carbocycles. The molecule has 2 aromatic carbocycles. The molecule has 0 saturated heterocycles. The quantitative estimate of drug-likeness (QED) is 0.854. The highest BCUT2D eigenvalue weighted by Gasteiger charge is 2.07. The number of aliphatic hydroxyl groups excluding tert-OH is 1. The summed E-state index contributed by atoms with van der Waals surface area (Å²) in [6, 6.07) is 15.0. The second kappa shape index (κ2) is 8.13. The molecule has 0 aliphatic carbocycles. The maximum atomic E-state index is 13.4. The molecule has 0 aromatic heterocycles. The zero-order valence-electron chi connectivity index (χ0n) is 11.9. The van der Waals surface area contributed by atoms with E-state index in [-0.39, 0.29) is 25.6 Å². The van der Waals surface area contributed by atoms with Crippen molar-refractivity contribution in [1.29, 1.82) is 5.26 Å². The Balaban J connectivity index is 1.73. The first-order valence-electron chi connectivity index (χ1n) is 6.81. The van der Waals surface area contributed by atoms with Gasteiger partial charge in [-0.1, -0.05) is 24.3 Å². The fourth-order valence-electron chi connectivity index (χ4n) is 1.82. The summed E-state index contributed by atoms with van der Waals surface area (Å²) in [5.74, 6) is 0.175. The Morgan fingerprint density at radius 2 is 1.95 bits per heavy atom. The van der Waals surface area contributed by atoms with E-state index in [0.717, 1.165) is 0 Å². The molecule has 22 heavy (non-hydrogen) atoms. The van der Waals surface area contributed by atoms with Crippen LogP contribution in [0.1, 0.15) is 11.1 Å². The van der Waals surface area contributed by atoms with E-state index in [2.05, 4.69) is 0 Å². The van der Waals surface area contributed by atoms with Crippen LogP contribution in [0.25, 0.3) is 0 Å². The maximum absolute atomic E-state index is 13.4. The van der Waals surface area contributed by atoms with Crippen LogP contribution in [-0.4, -0.2) is 24.4 Å². The Morgan fingerprint density at radius 3 is 2.73 bits per heavy atom. The number of ether oxygens (including phenoxy) is 2. The fraction of sp³-hybridized carbons (Fsp3) is 0.235. The number of nitrogens with zero attached hydrogens (tertiary/aromatic N) is 1. The molecular weight excluding hydrogens is 285 g/mol. The number of aliphatic hydroxyl groups is 1. The molecule has 0 aliphatic rings. The molecule has 1 atom stereocenters. The summed E-state index contributed by atoms with van der Waals surface area (Å²) in [5.41, 5.74) is 0.931. The van der Waals surface area contributed by atoms with Crippen molar-refractivity contribution in [3.05, 3.63) is 65.5 Å². The number of rotatable bonds is 7. The molecule has 0 spiro atoms. The summed E-state index contributed by atoms with van der Waals surface area (Å²) in [6.07, 6.45) is -0.836. The van der Waals surface area contributed by atoms with E-state index >= 15 is 0 Å². The van der Waals surface area contributed by atoms with Crippen molar-refractivity contribution >= 4 is 0 Å². The summed E-state index contributed by atoms with van der Waals surface area (Å²) in [7, 11) is 0. The smallest absolute Gasteiger partial charge is 0.128 e. The van der Waals surface area contributed by atoms with Crippen LogP contribution in [0.15, 0.2) is 48.5 Å². The fourth-order valence-corrected chi connectivity index (χ4v) is 1.82. The highest BCUT2D eigenvalue weighted by Crippen LogP contribution is 2.13. The maximum Gasteiger partial charge on any atom is 0.128 e. The number of benzene rings is 2. The van der Waals surface area contributed by atoms with Gasteiger partial charge in [-0.15, -0.1) is 0 Å². The van der Waals surface area contributed by atoms with Gasteiger partial charge in [0.1, 0.15) is 24.3 Å². The average molecular weight is 301 g/mol. The number of nitriles is 1. The largest absolute Gasteiger partial charge is 0.491 e. The lowest BCUT2D eigenvalue weighted by molar-refractivity contribution is 0.00476. The summed E-state index contributed by atoms with van der Waals surface area (Å²) in [4.78, 5) is 0. The third-order valence-electron chi connectivity index (χ3n) is 2.93. The van der Waals surface area contributed by atoms with E-state index in [4.69, 9.17) is 14.7 Å². The molecular formula is C17H16FNO3. The van der Waals surface area contributed by atoms with E-state index < -0.39 is 6.10 Å². The lowest BCUT2D eigenvalue weighted by Gasteiger charge is -2.13. The highest BCUT2D eigenvalue weighted by atomic mass is 19.1. The predicted octanol–water partition coefficient (Wildman–Crippen LogP) is 2.65. The van der Waals surface area contributed by atoms with Crippen LogP contribution in [0.5, 0.6) is 5.75 Å². The number of hydrogen-bond donors (Lipinski definition) is 1. The van der Waals surface area contributed by atoms with E-state index in [1.165, 1.54) is 6.07 Å². The lowest BCUT2D eigenvalue weighted by atomic mass is 10.2. The Morgan fingerprint density at radius 1 is 1.14 bits per heavy atom. The van der Waals surface area contributed by atoms with Gasteiger partial charge < -0.3 is 14.6 Å². The van der Waals surface area contributed by atoms with Crippen LogP contribution < -0.4 is 4.74 Å². The van der Waals surface area contributed by atoms with Gasteiger partial charge in [0.05, 0.1) is 24.8 Å². The first kappa shape index (κ1) is 16.0. The summed E-state index contributed by atoms with van der Waals surface area (Å²) >= 11 is 0. The van der Waals surface area contributed by atoms with Gasteiger partial charge in [0.2, 0.25) is 0 Å². The number of hydrogen-bond acceptors (Lipinski definition) is 4.